The lowest BCUT2D eigenvalue weighted by molar-refractivity contribution is -0.149. The van der Waals surface area contributed by atoms with Crippen LogP contribution in [0.3, 0.4) is 0 Å². The average Bonchev–Trinajstić information content (AvgIpc) is 2.77. The van der Waals surface area contributed by atoms with E-state index in [1.165, 1.54) is 12.8 Å². The molecule has 1 aromatic carbocycles. The number of pyridine rings is 1. The molecule has 1 unspecified atom stereocenters. The van der Waals surface area contributed by atoms with E-state index in [1.54, 1.807) is 13.1 Å². The number of nitrogens with one attached hydrogen (secondary N) is 1. The number of carbonyl (C=O) groups excluding carboxylic acids is 1. The largest absolute Gasteiger partial charge is 0.479 e. The zero-order chi connectivity index (χ0) is 22.5. The van der Waals surface area contributed by atoms with Crippen LogP contribution in [0.5, 0.6) is 0 Å². The minimum atomic E-state index is -0.967. The van der Waals surface area contributed by atoms with Crippen LogP contribution in [0.2, 0.25) is 0 Å². The van der Waals surface area contributed by atoms with Crippen LogP contribution in [-0.4, -0.2) is 41.1 Å². The Bertz CT molecular complexity index is 821. The van der Waals surface area contributed by atoms with Crippen molar-refractivity contribution in [2.75, 3.05) is 13.2 Å². The first-order chi connectivity index (χ1) is 15.0. The molecule has 0 aliphatic heterocycles. The van der Waals surface area contributed by atoms with Crippen LogP contribution in [0.25, 0.3) is 11.3 Å². The summed E-state index contributed by atoms with van der Waals surface area (Å²) in [5, 5.41) is 12.5. The molecule has 0 fully saturated rings. The first-order valence-electron chi connectivity index (χ1n) is 11.1. The van der Waals surface area contributed by atoms with Crippen molar-refractivity contribution in [2.45, 2.75) is 65.0 Å². The maximum Gasteiger partial charge on any atom is 0.333 e. The summed E-state index contributed by atoms with van der Waals surface area (Å²) in [5.74, 6) is -0.707. The van der Waals surface area contributed by atoms with Crippen molar-refractivity contribution in [1.82, 2.24) is 10.3 Å². The Morgan fingerprint density at radius 2 is 1.94 bits per heavy atom. The van der Waals surface area contributed by atoms with Crippen LogP contribution in [0.4, 0.5) is 0 Å². The number of aliphatic carboxylic acids is 1. The van der Waals surface area contributed by atoms with Crippen LogP contribution in [0.1, 0.15) is 57.1 Å². The molecule has 2 N–H and O–H groups in total. The van der Waals surface area contributed by atoms with E-state index in [0.29, 0.717) is 26.1 Å². The summed E-state index contributed by atoms with van der Waals surface area (Å²) in [6.07, 6.45) is 6.24. The summed E-state index contributed by atoms with van der Waals surface area (Å²) in [5.41, 5.74) is 3.71. The summed E-state index contributed by atoms with van der Waals surface area (Å²) >= 11 is 0. The Kier molecular flexibility index (Phi) is 10.9. The number of benzene rings is 1. The van der Waals surface area contributed by atoms with Gasteiger partial charge in [0.05, 0.1) is 12.2 Å². The summed E-state index contributed by atoms with van der Waals surface area (Å²) in [7, 11) is 0. The summed E-state index contributed by atoms with van der Waals surface area (Å²) in [4.78, 5) is 27.7. The number of nitrogens with zero attached hydrogens (tertiary/aromatic N) is 1. The minimum Gasteiger partial charge on any atom is -0.479 e. The normalized spacial score (nSPS) is 11.9. The fourth-order valence-electron chi connectivity index (χ4n) is 3.37. The highest BCUT2D eigenvalue weighted by molar-refractivity contribution is 5.80. The molecule has 0 spiro atoms. The van der Waals surface area contributed by atoms with Crippen LogP contribution in [0.15, 0.2) is 42.6 Å². The molecule has 1 heterocycles. The molecule has 0 radical (unpaired) electrons. The summed E-state index contributed by atoms with van der Waals surface area (Å²) in [6, 6.07) is 11.8. The summed E-state index contributed by atoms with van der Waals surface area (Å²) < 4.78 is 5.27. The van der Waals surface area contributed by atoms with E-state index in [9.17, 15) is 14.7 Å². The Morgan fingerprint density at radius 3 is 2.61 bits per heavy atom. The number of ketones is 1. The molecule has 0 aliphatic rings. The van der Waals surface area contributed by atoms with Crippen LogP contribution in [0, 0.1) is 0 Å². The number of Topliss-reactive ketones (excluding diaryl/α,β-unsaturated/α-hetero) is 1. The van der Waals surface area contributed by atoms with E-state index >= 15 is 0 Å². The average molecular weight is 427 g/mol. The third kappa shape index (κ3) is 8.99. The van der Waals surface area contributed by atoms with Crippen molar-refractivity contribution in [1.29, 1.82) is 0 Å². The van der Waals surface area contributed by atoms with Crippen LogP contribution >= 0.6 is 0 Å². The second kappa shape index (κ2) is 13.7. The van der Waals surface area contributed by atoms with Gasteiger partial charge in [0.1, 0.15) is 5.78 Å². The molecule has 2 rings (SSSR count). The lowest BCUT2D eigenvalue weighted by Gasteiger charge is -2.12. The maximum absolute atomic E-state index is 12.0. The van der Waals surface area contributed by atoms with Gasteiger partial charge in [-0.3, -0.25) is 9.78 Å². The van der Waals surface area contributed by atoms with Crippen molar-refractivity contribution in [3.05, 3.63) is 53.7 Å². The number of carboxylic acids is 1. The predicted octanol–water partition coefficient (Wildman–Crippen LogP) is 4.41. The molecule has 0 saturated heterocycles. The molecule has 168 valence electrons. The number of carbonyl (C=O) groups is 2. The third-order valence-electron chi connectivity index (χ3n) is 5.07. The van der Waals surface area contributed by atoms with Gasteiger partial charge in [-0.05, 0) is 36.6 Å². The number of aromatic nitrogens is 1. The molecule has 31 heavy (non-hydrogen) atoms. The zero-order valence-corrected chi connectivity index (χ0v) is 18.6. The molecule has 0 aliphatic carbocycles. The Labute approximate surface area is 185 Å². The number of ether oxygens (including phenoxy) is 1. The first kappa shape index (κ1) is 24.7. The Balaban J connectivity index is 1.88. The van der Waals surface area contributed by atoms with E-state index < -0.39 is 12.1 Å². The number of unbranched alkanes of at least 4 members (excludes halogenated alkanes) is 3. The lowest BCUT2D eigenvalue weighted by atomic mass is 10.1. The topological polar surface area (TPSA) is 88.5 Å². The van der Waals surface area contributed by atoms with Gasteiger partial charge in [-0.25, -0.2) is 4.79 Å². The van der Waals surface area contributed by atoms with Gasteiger partial charge in [0.15, 0.2) is 6.10 Å². The van der Waals surface area contributed by atoms with Gasteiger partial charge in [0, 0.05) is 37.8 Å². The molecule has 1 aromatic heterocycles. The first-order valence-corrected chi connectivity index (χ1v) is 11.1. The fraction of sp³-hybridized carbons (Fsp3) is 0.480. The molecule has 6 nitrogen and oxygen atoms in total. The Morgan fingerprint density at radius 1 is 1.10 bits per heavy atom. The van der Waals surface area contributed by atoms with Crippen molar-refractivity contribution in [3.8, 4) is 11.3 Å². The van der Waals surface area contributed by atoms with Gasteiger partial charge in [0.25, 0.3) is 0 Å². The zero-order valence-electron chi connectivity index (χ0n) is 18.6. The molecule has 6 heteroatoms. The number of carboxylic acid groups (broad SMARTS) is 1. The minimum absolute atomic E-state index is 0.260. The van der Waals surface area contributed by atoms with Crippen molar-refractivity contribution in [2.24, 2.45) is 0 Å². The van der Waals surface area contributed by atoms with Gasteiger partial charge >= 0.3 is 5.97 Å². The molecule has 1 atom stereocenters. The number of hydrogen-bond acceptors (Lipinski definition) is 5. The van der Waals surface area contributed by atoms with E-state index in [0.717, 1.165) is 35.2 Å². The quantitative estimate of drug-likeness (QED) is 0.410. The van der Waals surface area contributed by atoms with Crippen molar-refractivity contribution in [3.63, 3.8) is 0 Å². The Hall–Kier alpha value is -2.57. The smallest absolute Gasteiger partial charge is 0.333 e. The highest BCUT2D eigenvalue weighted by Gasteiger charge is 2.18. The molecule has 2 aromatic rings. The molecule has 0 amide bonds. The lowest BCUT2D eigenvalue weighted by Crippen LogP contribution is -2.26. The van der Waals surface area contributed by atoms with Gasteiger partial charge < -0.3 is 15.2 Å². The second-order valence-electron chi connectivity index (χ2n) is 7.69. The van der Waals surface area contributed by atoms with E-state index in [2.05, 4.69) is 23.3 Å². The van der Waals surface area contributed by atoms with Crippen LogP contribution in [-0.2, 0) is 27.3 Å². The fourth-order valence-corrected chi connectivity index (χ4v) is 3.37. The van der Waals surface area contributed by atoms with Crippen LogP contribution < -0.4 is 5.32 Å². The van der Waals surface area contributed by atoms with Crippen molar-refractivity contribution < 1.29 is 19.4 Å². The molecule has 0 saturated carbocycles. The van der Waals surface area contributed by atoms with Gasteiger partial charge in [0.2, 0.25) is 0 Å². The molecular formula is C25H34N2O4. The molecule has 0 bridgehead atoms. The molecular weight excluding hydrogens is 392 g/mol. The van der Waals surface area contributed by atoms with Gasteiger partial charge in [-0.1, -0.05) is 50.5 Å². The monoisotopic (exact) mass is 426 g/mol. The number of hydrogen-bond donors (Lipinski definition) is 2. The standard InChI is InChI=1S/C25H34N2O4/c1-3-5-6-7-11-22(28)18-26-16-19-9-8-10-21(14-19)23-13-12-20(17-27-23)15-24(25(29)30)31-4-2/h8-10,12-14,17,24,26H,3-7,11,15-16,18H2,1-2H3,(H,29,30). The third-order valence-corrected chi connectivity index (χ3v) is 5.07. The maximum atomic E-state index is 12.0. The highest BCUT2D eigenvalue weighted by Crippen LogP contribution is 2.19. The van der Waals surface area contributed by atoms with E-state index in [-0.39, 0.29) is 12.2 Å². The van der Waals surface area contributed by atoms with E-state index in [4.69, 9.17) is 4.74 Å². The van der Waals surface area contributed by atoms with Gasteiger partial charge in [-0.2, -0.15) is 0 Å². The second-order valence-corrected chi connectivity index (χ2v) is 7.69. The van der Waals surface area contributed by atoms with Gasteiger partial charge in [-0.15, -0.1) is 0 Å². The highest BCUT2D eigenvalue weighted by atomic mass is 16.5. The predicted molar refractivity (Wildman–Crippen MR) is 122 cm³/mol. The number of rotatable bonds is 15. The van der Waals surface area contributed by atoms with Crippen molar-refractivity contribution >= 4 is 11.8 Å². The van der Waals surface area contributed by atoms with E-state index in [1.807, 2.05) is 30.3 Å². The SMILES string of the molecule is CCCCCCC(=O)CNCc1cccc(-c2ccc(CC(OCC)C(=O)O)cn2)c1. The summed E-state index contributed by atoms with van der Waals surface area (Å²) in [6.45, 7) is 5.32.